The van der Waals surface area contributed by atoms with Crippen molar-refractivity contribution in [2.75, 3.05) is 23.4 Å². The maximum absolute atomic E-state index is 12.4. The molecule has 1 aromatic heterocycles. The fraction of sp³-hybridized carbons (Fsp3) is 0.368. The summed E-state index contributed by atoms with van der Waals surface area (Å²) in [6.45, 7) is 1.96. The van der Waals surface area contributed by atoms with Gasteiger partial charge in [0.2, 0.25) is 5.91 Å². The number of benzene rings is 1. The van der Waals surface area contributed by atoms with Crippen LogP contribution in [0.4, 0.5) is 5.00 Å². The SMILES string of the molecule is CCOC(=O)c1cc(-c2ccccc2)sc1NC(=O)CC1CCS(=O)(=O)C1. The van der Waals surface area contributed by atoms with E-state index < -0.39 is 15.8 Å². The molecule has 144 valence electrons. The van der Waals surface area contributed by atoms with Crippen LogP contribution in [0.3, 0.4) is 0 Å². The van der Waals surface area contributed by atoms with Gasteiger partial charge in [0.25, 0.3) is 0 Å². The van der Waals surface area contributed by atoms with Gasteiger partial charge in [-0.25, -0.2) is 13.2 Å². The molecule has 1 unspecified atom stereocenters. The van der Waals surface area contributed by atoms with Gasteiger partial charge < -0.3 is 10.1 Å². The molecule has 0 aliphatic carbocycles. The van der Waals surface area contributed by atoms with E-state index in [1.54, 1.807) is 13.0 Å². The maximum Gasteiger partial charge on any atom is 0.341 e. The lowest BCUT2D eigenvalue weighted by Gasteiger charge is -2.09. The van der Waals surface area contributed by atoms with Crippen molar-refractivity contribution in [3.05, 3.63) is 42.0 Å². The molecule has 1 N–H and O–H groups in total. The van der Waals surface area contributed by atoms with Gasteiger partial charge in [0.05, 0.1) is 23.7 Å². The third-order valence-electron chi connectivity index (χ3n) is 4.34. The van der Waals surface area contributed by atoms with Crippen LogP contribution >= 0.6 is 11.3 Å². The zero-order valence-corrected chi connectivity index (χ0v) is 16.6. The molecule has 2 heterocycles. The molecule has 27 heavy (non-hydrogen) atoms. The molecular weight excluding hydrogens is 386 g/mol. The predicted octanol–water partition coefficient (Wildman–Crippen LogP) is 3.36. The minimum absolute atomic E-state index is 0.0465. The smallest absolute Gasteiger partial charge is 0.341 e. The Hall–Kier alpha value is -2.19. The number of hydrogen-bond donors (Lipinski definition) is 1. The summed E-state index contributed by atoms with van der Waals surface area (Å²) in [5, 5.41) is 3.21. The molecule has 1 atom stereocenters. The first-order valence-electron chi connectivity index (χ1n) is 8.74. The number of ether oxygens (including phenoxy) is 1. The molecule has 1 aliphatic rings. The van der Waals surface area contributed by atoms with Gasteiger partial charge in [-0.05, 0) is 30.9 Å². The normalized spacial score (nSPS) is 18.2. The average Bonchev–Trinajstić information content (AvgIpc) is 3.19. The third kappa shape index (κ3) is 4.95. The number of thiophene rings is 1. The molecular formula is C19H21NO5S2. The molecule has 1 saturated heterocycles. The van der Waals surface area contributed by atoms with Gasteiger partial charge in [-0.2, -0.15) is 0 Å². The molecule has 1 aromatic carbocycles. The number of sulfone groups is 1. The minimum Gasteiger partial charge on any atom is -0.462 e. The fourth-order valence-corrected chi connectivity index (χ4v) is 5.99. The standard InChI is InChI=1S/C19H21NO5S2/c1-2-25-19(22)15-11-16(14-6-4-3-5-7-14)26-18(15)20-17(21)10-13-8-9-27(23,24)12-13/h3-7,11,13H,2,8-10,12H2,1H3,(H,20,21). The first kappa shape index (κ1) is 19.6. The van der Waals surface area contributed by atoms with Crippen molar-refractivity contribution in [1.29, 1.82) is 0 Å². The van der Waals surface area contributed by atoms with E-state index in [9.17, 15) is 18.0 Å². The summed E-state index contributed by atoms with van der Waals surface area (Å²) in [5.41, 5.74) is 1.25. The minimum atomic E-state index is -3.03. The Labute approximate surface area is 162 Å². The highest BCUT2D eigenvalue weighted by Crippen LogP contribution is 2.36. The van der Waals surface area contributed by atoms with Crippen molar-refractivity contribution >= 4 is 38.1 Å². The number of nitrogens with one attached hydrogen (secondary N) is 1. The van der Waals surface area contributed by atoms with Crippen LogP contribution in [-0.4, -0.2) is 38.4 Å². The van der Waals surface area contributed by atoms with E-state index >= 15 is 0 Å². The van der Waals surface area contributed by atoms with Crippen molar-refractivity contribution in [2.24, 2.45) is 5.92 Å². The Kier molecular flexibility index (Phi) is 5.96. The van der Waals surface area contributed by atoms with Crippen LogP contribution in [0.2, 0.25) is 0 Å². The molecule has 0 spiro atoms. The highest BCUT2D eigenvalue weighted by Gasteiger charge is 2.30. The Bertz CT molecular complexity index is 934. The summed E-state index contributed by atoms with van der Waals surface area (Å²) in [6, 6.07) is 11.3. The van der Waals surface area contributed by atoms with Gasteiger partial charge >= 0.3 is 5.97 Å². The Morgan fingerprint density at radius 1 is 1.26 bits per heavy atom. The summed E-state index contributed by atoms with van der Waals surface area (Å²) < 4.78 is 28.2. The number of esters is 1. The van der Waals surface area contributed by atoms with Crippen LogP contribution in [0.1, 0.15) is 30.1 Å². The molecule has 0 radical (unpaired) electrons. The van der Waals surface area contributed by atoms with Crippen molar-refractivity contribution in [3.8, 4) is 10.4 Å². The monoisotopic (exact) mass is 407 g/mol. The Morgan fingerprint density at radius 3 is 2.63 bits per heavy atom. The quantitative estimate of drug-likeness (QED) is 0.742. The van der Waals surface area contributed by atoms with Crippen molar-refractivity contribution in [2.45, 2.75) is 19.8 Å². The molecule has 0 bridgehead atoms. The van der Waals surface area contributed by atoms with Gasteiger partial charge in [-0.15, -0.1) is 11.3 Å². The van der Waals surface area contributed by atoms with Crippen LogP contribution in [0.25, 0.3) is 10.4 Å². The zero-order valence-electron chi connectivity index (χ0n) is 14.9. The predicted molar refractivity (Wildman–Crippen MR) is 106 cm³/mol. The molecule has 3 rings (SSSR count). The lowest BCUT2D eigenvalue weighted by molar-refractivity contribution is -0.116. The van der Waals surface area contributed by atoms with Crippen LogP contribution < -0.4 is 5.32 Å². The van der Waals surface area contributed by atoms with Crippen LogP contribution in [0.5, 0.6) is 0 Å². The Balaban J connectivity index is 1.79. The molecule has 6 nitrogen and oxygen atoms in total. The summed E-state index contributed by atoms with van der Waals surface area (Å²) in [4.78, 5) is 25.5. The van der Waals surface area contributed by atoms with Crippen LogP contribution in [0.15, 0.2) is 36.4 Å². The lowest BCUT2D eigenvalue weighted by Crippen LogP contribution is -2.18. The third-order valence-corrected chi connectivity index (χ3v) is 7.28. The zero-order chi connectivity index (χ0) is 19.4. The second-order valence-corrected chi connectivity index (χ2v) is 9.74. The van der Waals surface area contributed by atoms with Crippen LogP contribution in [-0.2, 0) is 19.4 Å². The van der Waals surface area contributed by atoms with E-state index in [1.165, 1.54) is 11.3 Å². The second kappa shape index (κ2) is 8.22. The topological polar surface area (TPSA) is 89.5 Å². The number of amides is 1. The molecule has 0 saturated carbocycles. The molecule has 1 aliphatic heterocycles. The number of rotatable bonds is 6. The van der Waals surface area contributed by atoms with E-state index in [2.05, 4.69) is 5.32 Å². The molecule has 1 fully saturated rings. The molecule has 8 heteroatoms. The van der Waals surface area contributed by atoms with Crippen molar-refractivity contribution in [3.63, 3.8) is 0 Å². The van der Waals surface area contributed by atoms with Crippen LogP contribution in [0, 0.1) is 5.92 Å². The van der Waals surface area contributed by atoms with E-state index in [0.29, 0.717) is 17.0 Å². The van der Waals surface area contributed by atoms with Gasteiger partial charge in [-0.1, -0.05) is 30.3 Å². The summed E-state index contributed by atoms with van der Waals surface area (Å²) in [7, 11) is -3.03. The van der Waals surface area contributed by atoms with Gasteiger partial charge in [0.15, 0.2) is 9.84 Å². The second-order valence-electron chi connectivity index (χ2n) is 6.46. The summed E-state index contributed by atoms with van der Waals surface area (Å²) in [5.74, 6) is -0.769. The van der Waals surface area contributed by atoms with E-state index in [-0.39, 0.29) is 36.4 Å². The number of anilines is 1. The summed E-state index contributed by atoms with van der Waals surface area (Å²) >= 11 is 1.30. The highest BCUT2D eigenvalue weighted by atomic mass is 32.2. The fourth-order valence-electron chi connectivity index (χ4n) is 3.06. The number of carbonyl (C=O) groups excluding carboxylic acids is 2. The molecule has 1 amide bonds. The Morgan fingerprint density at radius 2 is 2.00 bits per heavy atom. The first-order valence-corrected chi connectivity index (χ1v) is 11.4. The maximum atomic E-state index is 12.4. The lowest BCUT2D eigenvalue weighted by atomic mass is 10.1. The van der Waals surface area contributed by atoms with E-state index in [0.717, 1.165) is 10.4 Å². The van der Waals surface area contributed by atoms with Crippen molar-refractivity contribution in [1.82, 2.24) is 0 Å². The van der Waals surface area contributed by atoms with Gasteiger partial charge in [0, 0.05) is 11.3 Å². The first-order chi connectivity index (χ1) is 12.9. The van der Waals surface area contributed by atoms with E-state index in [1.807, 2.05) is 30.3 Å². The summed E-state index contributed by atoms with van der Waals surface area (Å²) in [6.07, 6.45) is 0.625. The van der Waals surface area contributed by atoms with Crippen molar-refractivity contribution < 1.29 is 22.7 Å². The van der Waals surface area contributed by atoms with Gasteiger partial charge in [-0.3, -0.25) is 4.79 Å². The van der Waals surface area contributed by atoms with E-state index in [4.69, 9.17) is 4.74 Å². The molecule has 2 aromatic rings. The van der Waals surface area contributed by atoms with Gasteiger partial charge in [0.1, 0.15) is 5.00 Å². The largest absolute Gasteiger partial charge is 0.462 e. The average molecular weight is 408 g/mol. The highest BCUT2D eigenvalue weighted by molar-refractivity contribution is 7.91. The number of hydrogen-bond acceptors (Lipinski definition) is 6. The number of carbonyl (C=O) groups is 2.